The maximum Gasteiger partial charge on any atom is 0.263 e. The van der Waals surface area contributed by atoms with Gasteiger partial charge in [0.1, 0.15) is 5.75 Å². The molecule has 0 unspecified atom stereocenters. The van der Waals surface area contributed by atoms with Gasteiger partial charge < -0.3 is 4.74 Å². The minimum Gasteiger partial charge on any atom is -0.497 e. The number of benzene rings is 3. The van der Waals surface area contributed by atoms with Gasteiger partial charge in [-0.05, 0) is 53.4 Å². The third kappa shape index (κ3) is 1.94. The van der Waals surface area contributed by atoms with Crippen molar-refractivity contribution < 1.29 is 9.53 Å². The summed E-state index contributed by atoms with van der Waals surface area (Å²) in [6, 6.07) is 17.4. The van der Waals surface area contributed by atoms with Crippen molar-refractivity contribution in [1.29, 1.82) is 0 Å². The molecule has 0 saturated carbocycles. The lowest BCUT2D eigenvalue weighted by molar-refractivity contribution is 0.100. The first-order valence-electron chi connectivity index (χ1n) is 7.40. The molecule has 3 nitrogen and oxygen atoms in total. The fourth-order valence-corrected chi connectivity index (χ4v) is 3.12. The summed E-state index contributed by atoms with van der Waals surface area (Å²) >= 11 is 0. The van der Waals surface area contributed by atoms with Gasteiger partial charge in [-0.3, -0.25) is 9.69 Å². The van der Waals surface area contributed by atoms with Crippen LogP contribution in [-0.4, -0.2) is 13.0 Å². The van der Waals surface area contributed by atoms with E-state index in [9.17, 15) is 4.79 Å². The van der Waals surface area contributed by atoms with E-state index in [0.717, 1.165) is 39.0 Å². The zero-order valence-corrected chi connectivity index (χ0v) is 12.7. The van der Waals surface area contributed by atoms with E-state index in [1.165, 1.54) is 0 Å². The molecule has 3 heteroatoms. The Morgan fingerprint density at radius 2 is 1.87 bits per heavy atom. The summed E-state index contributed by atoms with van der Waals surface area (Å²) in [5, 5.41) is 2.05. The molecule has 4 rings (SSSR count). The van der Waals surface area contributed by atoms with Crippen molar-refractivity contribution in [3.8, 4) is 5.75 Å². The monoisotopic (exact) mass is 301 g/mol. The van der Waals surface area contributed by atoms with Crippen molar-refractivity contribution in [3.05, 3.63) is 72.3 Å². The van der Waals surface area contributed by atoms with Crippen LogP contribution < -0.4 is 9.64 Å². The third-order valence-corrected chi connectivity index (χ3v) is 4.22. The predicted octanol–water partition coefficient (Wildman–Crippen LogP) is 4.78. The molecule has 0 saturated heterocycles. The van der Waals surface area contributed by atoms with Gasteiger partial charge in [0, 0.05) is 11.1 Å². The van der Waals surface area contributed by atoms with Crippen LogP contribution in [-0.2, 0) is 0 Å². The maximum absolute atomic E-state index is 12.9. The van der Waals surface area contributed by atoms with Crippen LogP contribution in [0.2, 0.25) is 0 Å². The second-order valence-electron chi connectivity index (χ2n) is 5.49. The molecule has 23 heavy (non-hydrogen) atoms. The van der Waals surface area contributed by atoms with Gasteiger partial charge in [0.25, 0.3) is 5.91 Å². The molecule has 0 bridgehead atoms. The van der Waals surface area contributed by atoms with Crippen molar-refractivity contribution in [2.45, 2.75) is 0 Å². The molecule has 3 aromatic rings. The average Bonchev–Trinajstić information content (AvgIpc) is 2.89. The van der Waals surface area contributed by atoms with E-state index in [4.69, 9.17) is 4.74 Å². The highest BCUT2D eigenvalue weighted by Gasteiger charge is 2.31. The first-order valence-corrected chi connectivity index (χ1v) is 7.40. The normalized spacial score (nSPS) is 12.7. The summed E-state index contributed by atoms with van der Waals surface area (Å²) in [6.45, 7) is 3.85. The van der Waals surface area contributed by atoms with E-state index in [0.29, 0.717) is 0 Å². The Hall–Kier alpha value is -3.07. The number of hydrogen-bond donors (Lipinski definition) is 0. The number of nitrogens with zero attached hydrogens (tertiary/aromatic N) is 1. The van der Waals surface area contributed by atoms with Gasteiger partial charge in [-0.2, -0.15) is 0 Å². The molecule has 3 aromatic carbocycles. The lowest BCUT2D eigenvalue weighted by Crippen LogP contribution is -2.20. The summed E-state index contributed by atoms with van der Waals surface area (Å²) in [4.78, 5) is 14.7. The van der Waals surface area contributed by atoms with Gasteiger partial charge in [-0.1, -0.05) is 24.8 Å². The summed E-state index contributed by atoms with van der Waals surface area (Å²) in [5.74, 6) is 0.764. The maximum atomic E-state index is 12.9. The van der Waals surface area contributed by atoms with E-state index >= 15 is 0 Å². The molecule has 0 aliphatic carbocycles. The molecule has 0 spiro atoms. The van der Waals surface area contributed by atoms with Gasteiger partial charge in [0.15, 0.2) is 0 Å². The third-order valence-electron chi connectivity index (χ3n) is 4.22. The number of rotatable bonds is 3. The average molecular weight is 301 g/mol. The van der Waals surface area contributed by atoms with Crippen molar-refractivity contribution in [2.75, 3.05) is 12.0 Å². The number of anilines is 2. The molecule has 0 atom stereocenters. The van der Waals surface area contributed by atoms with Crippen LogP contribution in [0.25, 0.3) is 16.8 Å². The lowest BCUT2D eigenvalue weighted by atomic mass is 10.0. The van der Waals surface area contributed by atoms with Crippen LogP contribution in [0.4, 0.5) is 11.4 Å². The largest absolute Gasteiger partial charge is 0.497 e. The fraction of sp³-hybridized carbons (Fsp3) is 0.0500. The minimum absolute atomic E-state index is 0.00280. The topological polar surface area (TPSA) is 29.5 Å². The zero-order valence-electron chi connectivity index (χ0n) is 12.7. The van der Waals surface area contributed by atoms with Crippen LogP contribution >= 0.6 is 0 Å². The summed E-state index contributed by atoms with van der Waals surface area (Å²) in [6.07, 6.45) is 1.80. The number of methoxy groups -OCH3 is 1. The Morgan fingerprint density at radius 3 is 2.57 bits per heavy atom. The highest BCUT2D eigenvalue weighted by molar-refractivity contribution is 6.28. The first-order chi connectivity index (χ1) is 11.2. The van der Waals surface area contributed by atoms with Crippen LogP contribution in [0.3, 0.4) is 0 Å². The van der Waals surface area contributed by atoms with Crippen molar-refractivity contribution in [2.24, 2.45) is 0 Å². The SMILES string of the molecule is C=Cc1cc2c3c(cccc3c1)C(=O)N2c1ccc(OC)cc1. The molecule has 1 aliphatic rings. The molecular weight excluding hydrogens is 286 g/mol. The number of hydrogen-bond acceptors (Lipinski definition) is 2. The molecular formula is C20H15NO2. The number of amides is 1. The van der Waals surface area contributed by atoms with Crippen molar-refractivity contribution in [3.63, 3.8) is 0 Å². The van der Waals surface area contributed by atoms with Crippen LogP contribution in [0.15, 0.2) is 61.2 Å². The van der Waals surface area contributed by atoms with Crippen molar-refractivity contribution in [1.82, 2.24) is 0 Å². The zero-order chi connectivity index (χ0) is 16.0. The Labute approximate surface area is 134 Å². The molecule has 112 valence electrons. The molecule has 0 fully saturated rings. The first kappa shape index (κ1) is 13.6. The van der Waals surface area contributed by atoms with E-state index < -0.39 is 0 Å². The predicted molar refractivity (Wildman–Crippen MR) is 93.5 cm³/mol. The molecule has 1 amide bonds. The summed E-state index contributed by atoms with van der Waals surface area (Å²) < 4.78 is 5.20. The van der Waals surface area contributed by atoms with Crippen LogP contribution in [0, 0.1) is 0 Å². The van der Waals surface area contributed by atoms with Gasteiger partial charge in [0.05, 0.1) is 18.4 Å². The molecule has 0 aromatic heterocycles. The van der Waals surface area contributed by atoms with Crippen molar-refractivity contribution >= 4 is 34.1 Å². The van der Waals surface area contributed by atoms with E-state index in [1.807, 2.05) is 48.5 Å². The summed E-state index contributed by atoms with van der Waals surface area (Å²) in [5.41, 5.74) is 3.47. The minimum atomic E-state index is -0.00280. The Bertz CT molecular complexity index is 942. The van der Waals surface area contributed by atoms with Gasteiger partial charge in [-0.25, -0.2) is 0 Å². The summed E-state index contributed by atoms with van der Waals surface area (Å²) in [7, 11) is 1.63. The molecule has 0 radical (unpaired) electrons. The van der Waals surface area contributed by atoms with Gasteiger partial charge in [-0.15, -0.1) is 0 Å². The second-order valence-corrected chi connectivity index (χ2v) is 5.49. The van der Waals surface area contributed by atoms with Crippen LogP contribution in [0.5, 0.6) is 5.75 Å². The van der Waals surface area contributed by atoms with Gasteiger partial charge in [0.2, 0.25) is 0 Å². The quantitative estimate of drug-likeness (QED) is 0.696. The van der Waals surface area contributed by atoms with Gasteiger partial charge >= 0.3 is 0 Å². The Balaban J connectivity index is 1.96. The van der Waals surface area contributed by atoms with E-state index in [-0.39, 0.29) is 5.91 Å². The standard InChI is InChI=1S/C20H15NO2/c1-3-13-11-14-5-4-6-17-19(14)18(12-13)21(20(17)22)15-7-9-16(23-2)10-8-15/h3-12H,1H2,2H3. The Kier molecular flexibility index (Phi) is 2.95. The highest BCUT2D eigenvalue weighted by Crippen LogP contribution is 2.42. The number of ether oxygens (including phenoxy) is 1. The van der Waals surface area contributed by atoms with E-state index in [1.54, 1.807) is 18.1 Å². The number of carbonyl (C=O) groups is 1. The lowest BCUT2D eigenvalue weighted by Gasteiger charge is -2.18. The smallest absolute Gasteiger partial charge is 0.263 e. The fourth-order valence-electron chi connectivity index (χ4n) is 3.12. The molecule has 1 aliphatic heterocycles. The van der Waals surface area contributed by atoms with Crippen LogP contribution in [0.1, 0.15) is 15.9 Å². The van der Waals surface area contributed by atoms with E-state index in [2.05, 4.69) is 12.6 Å². The second kappa shape index (κ2) is 4.99. The highest BCUT2D eigenvalue weighted by atomic mass is 16.5. The number of carbonyl (C=O) groups excluding carboxylic acids is 1. The molecule has 0 N–H and O–H groups in total. The molecule has 1 heterocycles. The Morgan fingerprint density at radius 1 is 1.09 bits per heavy atom.